The van der Waals surface area contributed by atoms with Gasteiger partial charge in [0.1, 0.15) is 23.0 Å². The lowest BCUT2D eigenvalue weighted by molar-refractivity contribution is 0.482. The highest BCUT2D eigenvalue weighted by Crippen LogP contribution is 2.32. The lowest BCUT2D eigenvalue weighted by Gasteiger charge is -2.10. The van der Waals surface area contributed by atoms with Crippen molar-refractivity contribution in [3.63, 3.8) is 0 Å². The molecule has 0 saturated heterocycles. The van der Waals surface area contributed by atoms with Crippen molar-refractivity contribution in [2.45, 2.75) is 0 Å². The minimum atomic E-state index is 0.826. The van der Waals surface area contributed by atoms with E-state index in [1.54, 1.807) is 0 Å². The quantitative estimate of drug-likeness (QED) is 0.182. The zero-order valence-corrected chi connectivity index (χ0v) is 24.1. The minimum absolute atomic E-state index is 0.826. The van der Waals surface area contributed by atoms with Gasteiger partial charge in [-0.15, -0.1) is 0 Å². The summed E-state index contributed by atoms with van der Waals surface area (Å²) in [6.45, 7) is 0. The highest BCUT2D eigenvalue weighted by Gasteiger charge is 2.06. The van der Waals surface area contributed by atoms with Crippen LogP contribution in [0, 0.1) is 0 Å². The number of hydrogen-bond acceptors (Lipinski definition) is 2. The van der Waals surface area contributed by atoms with Gasteiger partial charge in [-0.25, -0.2) is 0 Å². The Labute approximate surface area is 258 Å². The summed E-state index contributed by atoms with van der Waals surface area (Å²) in [6.07, 6.45) is 0. The molecule has 0 aromatic heterocycles. The normalized spacial score (nSPS) is 10.7. The SMILES string of the molecule is c1ccc(Oc2cccc(-c3ccc(-c4ccc(-c5ccc(-c6cccc(Oc7ccccc7)c6)cc5)cc4)cc3)c2)cc1. The van der Waals surface area contributed by atoms with E-state index in [4.69, 9.17) is 9.47 Å². The van der Waals surface area contributed by atoms with Gasteiger partial charge >= 0.3 is 0 Å². The Balaban J connectivity index is 1.03. The van der Waals surface area contributed by atoms with Gasteiger partial charge in [-0.1, -0.05) is 133 Å². The summed E-state index contributed by atoms with van der Waals surface area (Å²) in [5.74, 6) is 3.32. The van der Waals surface area contributed by atoms with Gasteiger partial charge in [0.05, 0.1) is 0 Å². The molecule has 0 N–H and O–H groups in total. The molecule has 0 aliphatic heterocycles. The summed E-state index contributed by atoms with van der Waals surface area (Å²) >= 11 is 0. The van der Waals surface area contributed by atoms with Crippen molar-refractivity contribution >= 4 is 0 Å². The van der Waals surface area contributed by atoms with Crippen molar-refractivity contribution < 1.29 is 9.47 Å². The molecule has 7 rings (SSSR count). The Kier molecular flexibility index (Phi) is 7.71. The summed E-state index contributed by atoms with van der Waals surface area (Å²) in [7, 11) is 0. The third kappa shape index (κ3) is 6.30. The number of para-hydroxylation sites is 2. The Morgan fingerprint density at radius 2 is 0.477 bits per heavy atom. The number of ether oxygens (including phenoxy) is 2. The largest absolute Gasteiger partial charge is 0.457 e. The van der Waals surface area contributed by atoms with Crippen LogP contribution in [0.25, 0.3) is 44.5 Å². The van der Waals surface area contributed by atoms with Crippen molar-refractivity contribution in [1.29, 1.82) is 0 Å². The minimum Gasteiger partial charge on any atom is -0.457 e. The van der Waals surface area contributed by atoms with E-state index in [-0.39, 0.29) is 0 Å². The van der Waals surface area contributed by atoms with Gasteiger partial charge < -0.3 is 9.47 Å². The molecule has 0 atom stereocenters. The molecule has 7 aromatic carbocycles. The molecule has 2 nitrogen and oxygen atoms in total. The highest BCUT2D eigenvalue weighted by molar-refractivity contribution is 5.75. The van der Waals surface area contributed by atoms with Crippen molar-refractivity contribution in [2.75, 3.05) is 0 Å². The van der Waals surface area contributed by atoms with Crippen LogP contribution in [0.4, 0.5) is 0 Å². The lowest BCUT2D eigenvalue weighted by Crippen LogP contribution is -1.86. The Morgan fingerprint density at radius 3 is 0.795 bits per heavy atom. The van der Waals surface area contributed by atoms with Crippen molar-refractivity contribution in [3.05, 3.63) is 182 Å². The molecule has 0 heterocycles. The molecule has 0 radical (unpaired) electrons. The zero-order chi connectivity index (χ0) is 29.6. The van der Waals surface area contributed by atoms with Gasteiger partial charge in [0.2, 0.25) is 0 Å². The molecule has 0 spiro atoms. The second kappa shape index (κ2) is 12.6. The van der Waals surface area contributed by atoms with E-state index in [1.807, 2.05) is 84.9 Å². The molecule has 210 valence electrons. The predicted octanol–water partition coefficient (Wildman–Crippen LogP) is 11.9. The summed E-state index contributed by atoms with van der Waals surface area (Å²) in [5, 5.41) is 0. The molecule has 0 fully saturated rings. The third-order valence-electron chi connectivity index (χ3n) is 7.61. The van der Waals surface area contributed by atoms with Crippen molar-refractivity contribution in [2.24, 2.45) is 0 Å². The second-order valence-corrected chi connectivity index (χ2v) is 10.6. The van der Waals surface area contributed by atoms with Gasteiger partial charge in [-0.05, 0) is 93.0 Å². The van der Waals surface area contributed by atoms with E-state index in [9.17, 15) is 0 Å². The van der Waals surface area contributed by atoms with Crippen LogP contribution in [-0.4, -0.2) is 0 Å². The third-order valence-corrected chi connectivity index (χ3v) is 7.61. The molecule has 7 aromatic rings. The maximum Gasteiger partial charge on any atom is 0.128 e. The fourth-order valence-corrected chi connectivity index (χ4v) is 5.29. The monoisotopic (exact) mass is 566 g/mol. The van der Waals surface area contributed by atoms with Crippen LogP contribution < -0.4 is 9.47 Å². The van der Waals surface area contributed by atoms with Crippen LogP contribution in [0.2, 0.25) is 0 Å². The van der Waals surface area contributed by atoms with E-state index in [0.717, 1.165) is 45.3 Å². The molecule has 0 amide bonds. The summed E-state index contributed by atoms with van der Waals surface area (Å²) in [4.78, 5) is 0. The van der Waals surface area contributed by atoms with E-state index in [0.29, 0.717) is 0 Å². The van der Waals surface area contributed by atoms with Crippen LogP contribution >= 0.6 is 0 Å². The van der Waals surface area contributed by atoms with E-state index in [1.165, 1.54) is 22.3 Å². The first-order valence-corrected chi connectivity index (χ1v) is 14.7. The first kappa shape index (κ1) is 27.0. The Bertz CT molecular complexity index is 1810. The summed E-state index contributed by atoms with van der Waals surface area (Å²) in [6, 6.07) is 62.3. The average molecular weight is 567 g/mol. The number of benzene rings is 7. The fraction of sp³-hybridized carbons (Fsp3) is 0. The van der Waals surface area contributed by atoms with Gasteiger partial charge in [-0.2, -0.15) is 0 Å². The van der Waals surface area contributed by atoms with Crippen LogP contribution in [0.5, 0.6) is 23.0 Å². The van der Waals surface area contributed by atoms with Crippen molar-refractivity contribution in [1.82, 2.24) is 0 Å². The molecule has 0 unspecified atom stereocenters. The molecular formula is C42H30O2. The van der Waals surface area contributed by atoms with Crippen LogP contribution in [0.1, 0.15) is 0 Å². The van der Waals surface area contributed by atoms with Crippen LogP contribution in [-0.2, 0) is 0 Å². The van der Waals surface area contributed by atoms with E-state index >= 15 is 0 Å². The summed E-state index contributed by atoms with van der Waals surface area (Å²) in [5.41, 5.74) is 9.30. The van der Waals surface area contributed by atoms with E-state index < -0.39 is 0 Å². The van der Waals surface area contributed by atoms with E-state index in [2.05, 4.69) is 97.1 Å². The molecular weight excluding hydrogens is 536 g/mol. The van der Waals surface area contributed by atoms with Crippen molar-refractivity contribution in [3.8, 4) is 67.5 Å². The maximum atomic E-state index is 6.03. The zero-order valence-electron chi connectivity index (χ0n) is 24.1. The van der Waals surface area contributed by atoms with Gasteiger partial charge in [-0.3, -0.25) is 0 Å². The predicted molar refractivity (Wildman–Crippen MR) is 181 cm³/mol. The first-order chi connectivity index (χ1) is 21.8. The van der Waals surface area contributed by atoms with Crippen LogP contribution in [0.3, 0.4) is 0 Å². The average Bonchev–Trinajstić information content (AvgIpc) is 3.10. The standard InChI is InChI=1S/C42H30O2/c1-3-11-39(12-4-1)43-41-15-7-9-37(29-41)35-25-21-33(22-26-35)31-17-19-32(20-18-31)34-23-27-36(28-24-34)38-10-8-16-42(30-38)44-40-13-5-2-6-14-40/h1-30H. The first-order valence-electron chi connectivity index (χ1n) is 14.7. The second-order valence-electron chi connectivity index (χ2n) is 10.6. The smallest absolute Gasteiger partial charge is 0.128 e. The van der Waals surface area contributed by atoms with Crippen LogP contribution in [0.15, 0.2) is 182 Å². The Morgan fingerprint density at radius 1 is 0.205 bits per heavy atom. The molecule has 0 aliphatic rings. The molecule has 0 aliphatic carbocycles. The number of rotatable bonds is 8. The molecule has 0 bridgehead atoms. The number of hydrogen-bond donors (Lipinski definition) is 0. The highest BCUT2D eigenvalue weighted by atomic mass is 16.5. The lowest BCUT2D eigenvalue weighted by atomic mass is 9.97. The fourth-order valence-electron chi connectivity index (χ4n) is 5.29. The maximum absolute atomic E-state index is 6.03. The molecule has 0 saturated carbocycles. The molecule has 44 heavy (non-hydrogen) atoms. The Hall–Kier alpha value is -5.86. The summed E-state index contributed by atoms with van der Waals surface area (Å²) < 4.78 is 12.1. The topological polar surface area (TPSA) is 18.5 Å². The van der Waals surface area contributed by atoms with Gasteiger partial charge in [0, 0.05) is 0 Å². The molecule has 2 heteroatoms. The van der Waals surface area contributed by atoms with Gasteiger partial charge in [0.25, 0.3) is 0 Å². The van der Waals surface area contributed by atoms with Gasteiger partial charge in [0.15, 0.2) is 0 Å².